The first-order valence-electron chi connectivity index (χ1n) is 10.6. The normalized spacial score (nSPS) is 12.2. The molecule has 0 aromatic rings. The number of hydrogen-bond acceptors (Lipinski definition) is 6. The van der Waals surface area contributed by atoms with Crippen molar-refractivity contribution in [1.29, 1.82) is 0 Å². The molecule has 0 fully saturated rings. The van der Waals surface area contributed by atoms with Gasteiger partial charge in [0.2, 0.25) is 0 Å². The summed E-state index contributed by atoms with van der Waals surface area (Å²) in [4.78, 5) is 36.3. The minimum atomic E-state index is -0.323. The maximum absolute atomic E-state index is 11.8. The zero-order valence-corrected chi connectivity index (χ0v) is 18.9. The molecule has 0 amide bonds. The molecule has 0 saturated carbocycles. The highest BCUT2D eigenvalue weighted by Gasteiger charge is 2.15. The molecule has 0 radical (unpaired) electrons. The van der Waals surface area contributed by atoms with Gasteiger partial charge >= 0.3 is 11.9 Å². The van der Waals surface area contributed by atoms with E-state index in [9.17, 15) is 14.4 Å². The zero-order valence-electron chi connectivity index (χ0n) is 18.9. The number of hydrogen-bond donors (Lipinski definition) is 0. The van der Waals surface area contributed by atoms with E-state index in [1.54, 1.807) is 25.7 Å². The van der Waals surface area contributed by atoms with Crippen LogP contribution in [0.5, 0.6) is 0 Å². The molecule has 0 unspecified atom stereocenters. The number of esters is 2. The first-order valence-corrected chi connectivity index (χ1v) is 10.6. The highest BCUT2D eigenvalue weighted by molar-refractivity contribution is 5.75. The second-order valence-electron chi connectivity index (χ2n) is 7.30. The Bertz CT molecular complexity index is 546. The van der Waals surface area contributed by atoms with Crippen LogP contribution in [-0.4, -0.2) is 55.5 Å². The third-order valence-electron chi connectivity index (χ3n) is 4.38. The van der Waals surface area contributed by atoms with Crippen molar-refractivity contribution in [2.24, 2.45) is 0 Å². The number of nitrogens with zero attached hydrogens (tertiary/aromatic N) is 1. The Labute approximate surface area is 176 Å². The van der Waals surface area contributed by atoms with Gasteiger partial charge in [-0.15, -0.1) is 0 Å². The molecule has 0 aliphatic rings. The Hall–Kier alpha value is -1.95. The zero-order chi connectivity index (χ0) is 22.1. The van der Waals surface area contributed by atoms with Gasteiger partial charge in [0.15, 0.2) is 0 Å². The summed E-state index contributed by atoms with van der Waals surface area (Å²) in [5, 5.41) is 0. The predicted octanol–water partition coefficient (Wildman–Crippen LogP) is 4.24. The Balaban J connectivity index is 4.36. The third-order valence-corrected chi connectivity index (χ3v) is 4.38. The van der Waals surface area contributed by atoms with Crippen LogP contribution < -0.4 is 0 Å². The molecule has 6 nitrogen and oxygen atoms in total. The lowest BCUT2D eigenvalue weighted by atomic mass is 10.1. The van der Waals surface area contributed by atoms with E-state index >= 15 is 0 Å². The second kappa shape index (κ2) is 17.0. The lowest BCUT2D eigenvalue weighted by Crippen LogP contribution is -2.36. The van der Waals surface area contributed by atoms with Crippen LogP contribution in [0.15, 0.2) is 23.3 Å². The van der Waals surface area contributed by atoms with Crippen molar-refractivity contribution >= 4 is 17.7 Å². The average molecular weight is 410 g/mol. The summed E-state index contributed by atoms with van der Waals surface area (Å²) in [5.41, 5.74) is 2.61. The first kappa shape index (κ1) is 27.0. The van der Waals surface area contributed by atoms with Gasteiger partial charge in [-0.05, 0) is 73.3 Å². The van der Waals surface area contributed by atoms with Crippen molar-refractivity contribution in [3.8, 4) is 0 Å². The molecule has 0 N–H and O–H groups in total. The molecule has 0 atom stereocenters. The number of ether oxygens (including phenoxy) is 2. The van der Waals surface area contributed by atoms with E-state index in [1.165, 1.54) is 11.1 Å². The summed E-state index contributed by atoms with van der Waals surface area (Å²) in [5.74, 6) is -0.419. The molecule has 0 saturated heterocycles. The molecule has 0 bridgehead atoms. The van der Waals surface area contributed by atoms with Crippen molar-refractivity contribution in [3.05, 3.63) is 23.3 Å². The maximum atomic E-state index is 11.8. The number of Topliss-reactive ketones (excluding diaryl/α,β-unsaturated/α-hetero) is 1. The van der Waals surface area contributed by atoms with Gasteiger partial charge < -0.3 is 14.3 Å². The molecule has 0 aromatic carbocycles. The predicted molar refractivity (Wildman–Crippen MR) is 116 cm³/mol. The van der Waals surface area contributed by atoms with Gasteiger partial charge in [-0.1, -0.05) is 23.3 Å². The average Bonchev–Trinajstić information content (AvgIpc) is 2.61. The van der Waals surface area contributed by atoms with Crippen LogP contribution in [-0.2, 0) is 23.9 Å². The van der Waals surface area contributed by atoms with Crippen molar-refractivity contribution in [2.45, 2.75) is 73.1 Å². The van der Waals surface area contributed by atoms with Gasteiger partial charge in [0, 0.05) is 6.42 Å². The first-order chi connectivity index (χ1) is 13.8. The monoisotopic (exact) mass is 409 g/mol. The van der Waals surface area contributed by atoms with E-state index in [-0.39, 0.29) is 30.8 Å². The minimum Gasteiger partial charge on any atom is -0.465 e. The van der Waals surface area contributed by atoms with E-state index < -0.39 is 0 Å². The van der Waals surface area contributed by atoms with Crippen molar-refractivity contribution in [2.75, 3.05) is 32.8 Å². The van der Waals surface area contributed by atoms with Gasteiger partial charge in [-0.3, -0.25) is 14.5 Å². The lowest BCUT2D eigenvalue weighted by Gasteiger charge is -2.20. The topological polar surface area (TPSA) is 72.9 Å². The van der Waals surface area contributed by atoms with Crippen LogP contribution in [0.4, 0.5) is 0 Å². The third kappa shape index (κ3) is 16.7. The molecule has 0 rings (SSSR count). The highest BCUT2D eigenvalue weighted by atomic mass is 16.5. The molecule has 0 spiro atoms. The molecular formula is C23H39NO5. The Morgan fingerprint density at radius 1 is 0.759 bits per heavy atom. The quantitative estimate of drug-likeness (QED) is 0.280. The van der Waals surface area contributed by atoms with E-state index in [1.807, 2.05) is 0 Å². The number of carbonyl (C=O) groups excluding carboxylic acids is 3. The summed E-state index contributed by atoms with van der Waals surface area (Å²) < 4.78 is 9.98. The highest BCUT2D eigenvalue weighted by Crippen LogP contribution is 2.12. The molecule has 0 heterocycles. The van der Waals surface area contributed by atoms with Crippen LogP contribution in [0, 0.1) is 0 Å². The van der Waals surface area contributed by atoms with Crippen molar-refractivity contribution < 1.29 is 23.9 Å². The summed E-state index contributed by atoms with van der Waals surface area (Å²) in [7, 11) is 0. The van der Waals surface area contributed by atoms with E-state index in [2.05, 4.69) is 26.0 Å². The molecule has 0 aliphatic carbocycles. The molecular weight excluding hydrogens is 370 g/mol. The largest absolute Gasteiger partial charge is 0.465 e. The smallest absolute Gasteiger partial charge is 0.320 e. The van der Waals surface area contributed by atoms with Crippen LogP contribution >= 0.6 is 0 Å². The van der Waals surface area contributed by atoms with Gasteiger partial charge in [-0.25, -0.2) is 0 Å². The number of rotatable bonds is 16. The summed E-state index contributed by atoms with van der Waals surface area (Å²) in [6.07, 6.45) is 9.55. The fourth-order valence-corrected chi connectivity index (χ4v) is 2.85. The van der Waals surface area contributed by atoms with Gasteiger partial charge in [0.05, 0.1) is 26.3 Å². The fourth-order valence-electron chi connectivity index (χ4n) is 2.85. The van der Waals surface area contributed by atoms with Crippen molar-refractivity contribution in [3.63, 3.8) is 0 Å². The minimum absolute atomic E-state index is 0.0969. The van der Waals surface area contributed by atoms with E-state index in [4.69, 9.17) is 9.47 Å². The van der Waals surface area contributed by atoms with Crippen LogP contribution in [0.2, 0.25) is 0 Å². The van der Waals surface area contributed by atoms with Crippen molar-refractivity contribution in [1.82, 2.24) is 4.90 Å². The number of carbonyl (C=O) groups is 3. The standard InChI is InChI=1S/C23H39NO5/c1-6-28-22(26)17-24(18-23(27)29-7-2)16-10-14-20(4)12-8-11-19(3)13-9-15-21(5)25/h12-13H,6-11,14-18H2,1-5H3/b19-13-,20-12-. The van der Waals surface area contributed by atoms with E-state index in [0.717, 1.165) is 32.1 Å². The molecule has 166 valence electrons. The van der Waals surface area contributed by atoms with Gasteiger partial charge in [0.25, 0.3) is 0 Å². The maximum Gasteiger partial charge on any atom is 0.320 e. The summed E-state index contributed by atoms with van der Waals surface area (Å²) in [6, 6.07) is 0. The fraction of sp³-hybridized carbons (Fsp3) is 0.696. The second-order valence-corrected chi connectivity index (χ2v) is 7.30. The Morgan fingerprint density at radius 2 is 1.24 bits per heavy atom. The molecule has 29 heavy (non-hydrogen) atoms. The van der Waals surface area contributed by atoms with Crippen LogP contribution in [0.1, 0.15) is 73.1 Å². The SMILES string of the molecule is CCOC(=O)CN(CCC/C(C)=C\CC/C(C)=C\CCC(C)=O)CC(=O)OCC. The van der Waals surface area contributed by atoms with Crippen LogP contribution in [0.25, 0.3) is 0 Å². The van der Waals surface area contributed by atoms with E-state index in [0.29, 0.717) is 26.2 Å². The summed E-state index contributed by atoms with van der Waals surface area (Å²) >= 11 is 0. The Kier molecular flexibility index (Phi) is 15.8. The van der Waals surface area contributed by atoms with Crippen LogP contribution in [0.3, 0.4) is 0 Å². The lowest BCUT2D eigenvalue weighted by molar-refractivity contribution is -0.148. The summed E-state index contributed by atoms with van der Waals surface area (Å²) in [6.45, 7) is 10.8. The Morgan fingerprint density at radius 3 is 1.72 bits per heavy atom. The molecule has 0 aliphatic heterocycles. The molecule has 0 aromatic heterocycles. The number of allylic oxidation sites excluding steroid dienone is 4. The van der Waals surface area contributed by atoms with Gasteiger partial charge in [-0.2, -0.15) is 0 Å². The molecule has 6 heteroatoms. The van der Waals surface area contributed by atoms with Gasteiger partial charge in [0.1, 0.15) is 5.78 Å². The number of ketones is 1.